The number of methoxy groups -OCH3 is 1. The van der Waals surface area contributed by atoms with Crippen molar-refractivity contribution in [3.05, 3.63) is 71.6 Å². The molecule has 1 aromatic carbocycles. The molecule has 10 nitrogen and oxygen atoms in total. The van der Waals surface area contributed by atoms with Gasteiger partial charge in [0.2, 0.25) is 0 Å². The molecule has 1 unspecified atom stereocenters. The molecule has 3 rings (SSSR count). The molecule has 2 N–H and O–H groups in total. The zero-order chi connectivity index (χ0) is 24.5. The first-order chi connectivity index (χ1) is 16.5. The number of carbonyl (C=O) groups is 2. The van der Waals surface area contributed by atoms with Crippen molar-refractivity contribution >= 4 is 17.8 Å². The fourth-order valence-corrected chi connectivity index (χ4v) is 3.37. The van der Waals surface area contributed by atoms with Crippen LogP contribution in [0.15, 0.2) is 54.5 Å². The SMILES string of the molecule is CCOC(=O)C(=CNc1cc(C)nn1C(Cc1ccc(OC)cc1)c1ncc[nH]1)C(=O)OCC. The molecule has 180 valence electrons. The Kier molecular flexibility index (Phi) is 8.44. The lowest BCUT2D eigenvalue weighted by molar-refractivity contribution is -0.146. The van der Waals surface area contributed by atoms with Gasteiger partial charge in [-0.2, -0.15) is 5.10 Å². The number of benzene rings is 1. The lowest BCUT2D eigenvalue weighted by Gasteiger charge is -2.19. The lowest BCUT2D eigenvalue weighted by Crippen LogP contribution is -2.21. The van der Waals surface area contributed by atoms with Gasteiger partial charge < -0.3 is 24.5 Å². The minimum absolute atomic E-state index is 0.134. The molecule has 0 aliphatic heterocycles. The number of hydrogen-bond donors (Lipinski definition) is 2. The summed E-state index contributed by atoms with van der Waals surface area (Å²) in [6.45, 7) is 5.46. The molecule has 0 fully saturated rings. The second-order valence-electron chi connectivity index (χ2n) is 7.30. The molecule has 34 heavy (non-hydrogen) atoms. The molecule has 10 heteroatoms. The number of hydrogen-bond acceptors (Lipinski definition) is 8. The van der Waals surface area contributed by atoms with Crippen LogP contribution in [0.1, 0.15) is 37.0 Å². The summed E-state index contributed by atoms with van der Waals surface area (Å²) in [6.07, 6.45) is 5.30. The number of nitrogens with one attached hydrogen (secondary N) is 2. The Hall–Kier alpha value is -4.08. The molecule has 0 radical (unpaired) electrons. The highest BCUT2D eigenvalue weighted by atomic mass is 16.6. The van der Waals surface area contributed by atoms with E-state index in [1.54, 1.807) is 38.0 Å². The third-order valence-electron chi connectivity index (χ3n) is 4.93. The molecule has 3 aromatic rings. The highest BCUT2D eigenvalue weighted by molar-refractivity contribution is 6.14. The van der Waals surface area contributed by atoms with Crippen LogP contribution in [0.5, 0.6) is 5.75 Å². The standard InChI is InChI=1S/C24H29N5O5/c1-5-33-23(30)19(24(31)34-6-2)15-27-21-13-16(3)28-29(21)20(22-25-11-12-26-22)14-17-7-9-18(32-4)10-8-17/h7-13,15,20,27H,5-6,14H2,1-4H3,(H,25,26). The first-order valence-electron chi connectivity index (χ1n) is 11.0. The van der Waals surface area contributed by atoms with Gasteiger partial charge in [0.15, 0.2) is 5.57 Å². The van der Waals surface area contributed by atoms with Gasteiger partial charge in [-0.3, -0.25) is 0 Å². The molecule has 0 aliphatic carbocycles. The number of aromatic amines is 1. The van der Waals surface area contributed by atoms with Crippen LogP contribution in [0, 0.1) is 6.92 Å². The first kappa shape index (κ1) is 24.6. The van der Waals surface area contributed by atoms with E-state index in [0.717, 1.165) is 17.0 Å². The maximum atomic E-state index is 12.3. The second-order valence-corrected chi connectivity index (χ2v) is 7.30. The van der Waals surface area contributed by atoms with E-state index in [9.17, 15) is 9.59 Å². The quantitative estimate of drug-likeness (QED) is 0.191. The van der Waals surface area contributed by atoms with Gasteiger partial charge >= 0.3 is 11.9 Å². The lowest BCUT2D eigenvalue weighted by atomic mass is 10.1. The van der Waals surface area contributed by atoms with Gasteiger partial charge in [-0.25, -0.2) is 19.3 Å². The minimum atomic E-state index is -0.767. The molecule has 0 spiro atoms. The molecule has 0 aliphatic rings. The summed E-state index contributed by atoms with van der Waals surface area (Å²) in [5.41, 5.74) is 1.56. The molecule has 2 aromatic heterocycles. The van der Waals surface area contributed by atoms with E-state index < -0.39 is 11.9 Å². The van der Waals surface area contributed by atoms with Crippen LogP contribution in [0.25, 0.3) is 0 Å². The van der Waals surface area contributed by atoms with Crippen molar-refractivity contribution in [1.29, 1.82) is 0 Å². The summed E-state index contributed by atoms with van der Waals surface area (Å²) in [7, 11) is 1.62. The molecule has 1 atom stereocenters. The van der Waals surface area contributed by atoms with Crippen molar-refractivity contribution in [2.75, 3.05) is 25.6 Å². The van der Waals surface area contributed by atoms with Gasteiger partial charge in [0.25, 0.3) is 0 Å². The summed E-state index contributed by atoms with van der Waals surface area (Å²) in [5, 5.41) is 7.68. The van der Waals surface area contributed by atoms with E-state index in [-0.39, 0.29) is 24.8 Å². The van der Waals surface area contributed by atoms with Gasteiger partial charge in [-0.1, -0.05) is 12.1 Å². The van der Waals surface area contributed by atoms with Gasteiger partial charge in [0, 0.05) is 31.1 Å². The maximum Gasteiger partial charge on any atom is 0.347 e. The number of ether oxygens (including phenoxy) is 3. The Morgan fingerprint density at radius 2 is 1.82 bits per heavy atom. The number of nitrogens with zero attached hydrogens (tertiary/aromatic N) is 3. The van der Waals surface area contributed by atoms with E-state index in [2.05, 4.69) is 20.4 Å². The van der Waals surface area contributed by atoms with Crippen molar-refractivity contribution in [1.82, 2.24) is 19.7 Å². The van der Waals surface area contributed by atoms with Gasteiger partial charge in [0.1, 0.15) is 23.4 Å². The largest absolute Gasteiger partial charge is 0.497 e. The highest BCUT2D eigenvalue weighted by Crippen LogP contribution is 2.26. The topological polar surface area (TPSA) is 120 Å². The molecule has 0 saturated heterocycles. The van der Waals surface area contributed by atoms with E-state index in [1.807, 2.05) is 37.3 Å². The fourth-order valence-electron chi connectivity index (χ4n) is 3.37. The van der Waals surface area contributed by atoms with Crippen molar-refractivity contribution in [3.8, 4) is 5.75 Å². The van der Waals surface area contributed by atoms with Crippen molar-refractivity contribution in [3.63, 3.8) is 0 Å². The smallest absolute Gasteiger partial charge is 0.347 e. The molecule has 2 heterocycles. The minimum Gasteiger partial charge on any atom is -0.497 e. The average molecular weight is 468 g/mol. The van der Waals surface area contributed by atoms with E-state index in [1.165, 1.54) is 6.20 Å². The third kappa shape index (κ3) is 6.03. The van der Waals surface area contributed by atoms with Crippen LogP contribution in [-0.4, -0.2) is 52.0 Å². The number of carbonyl (C=O) groups excluding carboxylic acids is 2. The number of anilines is 1. The molecule has 0 saturated carbocycles. The Morgan fingerprint density at radius 3 is 2.38 bits per heavy atom. The zero-order valence-corrected chi connectivity index (χ0v) is 19.7. The Labute approximate surface area is 197 Å². The Morgan fingerprint density at radius 1 is 1.15 bits per heavy atom. The number of esters is 2. The van der Waals surface area contributed by atoms with Gasteiger partial charge in [-0.15, -0.1) is 0 Å². The fraction of sp³-hybridized carbons (Fsp3) is 0.333. The highest BCUT2D eigenvalue weighted by Gasteiger charge is 2.24. The maximum absolute atomic E-state index is 12.3. The summed E-state index contributed by atoms with van der Waals surface area (Å²) in [6, 6.07) is 9.29. The molecular formula is C24H29N5O5. The predicted molar refractivity (Wildman–Crippen MR) is 125 cm³/mol. The normalized spacial score (nSPS) is 11.4. The number of imidazole rings is 1. The van der Waals surface area contributed by atoms with Gasteiger partial charge in [0.05, 0.1) is 26.0 Å². The predicted octanol–water partition coefficient (Wildman–Crippen LogP) is 3.18. The van der Waals surface area contributed by atoms with Crippen molar-refractivity contribution in [2.45, 2.75) is 33.2 Å². The van der Waals surface area contributed by atoms with E-state index in [0.29, 0.717) is 18.1 Å². The first-order valence-corrected chi connectivity index (χ1v) is 11.0. The Bertz CT molecular complexity index is 1100. The van der Waals surface area contributed by atoms with Crippen LogP contribution >= 0.6 is 0 Å². The number of H-pyrrole nitrogens is 1. The van der Waals surface area contributed by atoms with Crippen molar-refractivity contribution < 1.29 is 23.8 Å². The number of aryl methyl sites for hydroxylation is 1. The van der Waals surface area contributed by atoms with E-state index in [4.69, 9.17) is 14.2 Å². The van der Waals surface area contributed by atoms with Gasteiger partial charge in [-0.05, 0) is 38.5 Å². The van der Waals surface area contributed by atoms with E-state index >= 15 is 0 Å². The van der Waals surface area contributed by atoms with Crippen LogP contribution < -0.4 is 10.1 Å². The van der Waals surface area contributed by atoms with Crippen LogP contribution in [0.3, 0.4) is 0 Å². The monoisotopic (exact) mass is 467 g/mol. The number of aromatic nitrogens is 4. The van der Waals surface area contributed by atoms with Crippen LogP contribution in [-0.2, 0) is 25.5 Å². The van der Waals surface area contributed by atoms with Crippen LogP contribution in [0.2, 0.25) is 0 Å². The summed E-state index contributed by atoms with van der Waals surface area (Å²) in [4.78, 5) is 32.2. The number of rotatable bonds is 11. The summed E-state index contributed by atoms with van der Waals surface area (Å²) in [5.74, 6) is 0.515. The summed E-state index contributed by atoms with van der Waals surface area (Å²) >= 11 is 0. The Balaban J connectivity index is 1.95. The zero-order valence-electron chi connectivity index (χ0n) is 19.7. The average Bonchev–Trinajstić information content (AvgIpc) is 3.48. The van der Waals surface area contributed by atoms with Crippen molar-refractivity contribution in [2.24, 2.45) is 0 Å². The van der Waals surface area contributed by atoms with Crippen LogP contribution in [0.4, 0.5) is 5.82 Å². The second kappa shape index (κ2) is 11.7. The molecule has 0 bridgehead atoms. The summed E-state index contributed by atoms with van der Waals surface area (Å²) < 4.78 is 17.0. The third-order valence-corrected chi connectivity index (χ3v) is 4.93. The molecule has 0 amide bonds. The molecular weight excluding hydrogens is 438 g/mol.